The Bertz CT molecular complexity index is 187. The number of hydrogen-bond donors (Lipinski definition) is 1. The molecule has 0 spiro atoms. The van der Waals surface area contributed by atoms with Gasteiger partial charge in [0.25, 0.3) is 0 Å². The molecule has 96 valence electrons. The topological polar surface area (TPSA) is 52.2 Å². The predicted octanol–water partition coefficient (Wildman–Crippen LogP) is 3.04. The molecular formula is C12H24NO2S-. The second-order valence-electron chi connectivity index (χ2n) is 4.81. The van der Waals surface area contributed by atoms with E-state index >= 15 is 0 Å². The van der Waals surface area contributed by atoms with Crippen molar-refractivity contribution in [2.45, 2.75) is 76.7 Å². The van der Waals surface area contributed by atoms with E-state index in [4.69, 9.17) is 0 Å². The SMILES string of the molecule is O=S([O-])NC1CCCCCCCCCCC1. The van der Waals surface area contributed by atoms with Crippen LogP contribution in [0.2, 0.25) is 0 Å². The Morgan fingerprint density at radius 1 is 0.812 bits per heavy atom. The summed E-state index contributed by atoms with van der Waals surface area (Å²) in [4.78, 5) is 0. The van der Waals surface area contributed by atoms with Gasteiger partial charge in [-0.3, -0.25) is 4.21 Å². The fourth-order valence-corrected chi connectivity index (χ4v) is 2.93. The van der Waals surface area contributed by atoms with Gasteiger partial charge in [0.15, 0.2) is 0 Å². The summed E-state index contributed by atoms with van der Waals surface area (Å²) in [6, 6.07) is 0.178. The lowest BCUT2D eigenvalue weighted by molar-refractivity contribution is 0.431. The van der Waals surface area contributed by atoms with E-state index in [1.807, 2.05) is 0 Å². The van der Waals surface area contributed by atoms with E-state index in [9.17, 15) is 8.76 Å². The molecule has 1 atom stereocenters. The third-order valence-electron chi connectivity index (χ3n) is 3.37. The van der Waals surface area contributed by atoms with Crippen LogP contribution in [-0.4, -0.2) is 14.8 Å². The van der Waals surface area contributed by atoms with Crippen LogP contribution in [0.25, 0.3) is 0 Å². The smallest absolute Gasteiger partial charge is 0.0184 e. The van der Waals surface area contributed by atoms with E-state index in [0.29, 0.717) is 0 Å². The van der Waals surface area contributed by atoms with E-state index in [2.05, 4.69) is 4.72 Å². The van der Waals surface area contributed by atoms with Crippen LogP contribution in [0, 0.1) is 0 Å². The monoisotopic (exact) mass is 246 g/mol. The molecule has 0 aromatic heterocycles. The maximum Gasteiger partial charge on any atom is 0.0184 e. The zero-order chi connectivity index (χ0) is 11.6. The second kappa shape index (κ2) is 9.14. The molecule has 0 heterocycles. The maximum atomic E-state index is 10.6. The zero-order valence-corrected chi connectivity index (χ0v) is 10.9. The first kappa shape index (κ1) is 14.1. The molecule has 16 heavy (non-hydrogen) atoms. The maximum absolute atomic E-state index is 10.6. The van der Waals surface area contributed by atoms with E-state index in [0.717, 1.165) is 25.7 Å². The largest absolute Gasteiger partial charge is 0.760 e. The molecule has 4 heteroatoms. The summed E-state index contributed by atoms with van der Waals surface area (Å²) in [6.07, 6.45) is 13.6. The summed E-state index contributed by atoms with van der Waals surface area (Å²) >= 11 is -2.09. The van der Waals surface area contributed by atoms with Gasteiger partial charge in [-0.2, -0.15) is 0 Å². The van der Waals surface area contributed by atoms with Crippen molar-refractivity contribution in [1.29, 1.82) is 0 Å². The molecule has 0 aromatic rings. The van der Waals surface area contributed by atoms with Gasteiger partial charge in [0, 0.05) is 17.3 Å². The Morgan fingerprint density at radius 3 is 1.56 bits per heavy atom. The van der Waals surface area contributed by atoms with Crippen LogP contribution in [0.5, 0.6) is 0 Å². The molecule has 0 amide bonds. The molecule has 0 saturated heterocycles. The second-order valence-corrected chi connectivity index (χ2v) is 5.51. The highest BCUT2D eigenvalue weighted by molar-refractivity contribution is 7.77. The third kappa shape index (κ3) is 7.36. The molecule has 1 saturated carbocycles. The van der Waals surface area contributed by atoms with Gasteiger partial charge in [-0.25, -0.2) is 4.72 Å². The molecule has 0 aliphatic heterocycles. The van der Waals surface area contributed by atoms with Gasteiger partial charge in [0.2, 0.25) is 0 Å². The molecular weight excluding hydrogens is 222 g/mol. The van der Waals surface area contributed by atoms with Crippen molar-refractivity contribution in [3.8, 4) is 0 Å². The first-order valence-electron chi connectivity index (χ1n) is 6.64. The van der Waals surface area contributed by atoms with Crippen molar-refractivity contribution < 1.29 is 8.76 Å². The van der Waals surface area contributed by atoms with Crippen LogP contribution >= 0.6 is 0 Å². The molecule has 3 nitrogen and oxygen atoms in total. The summed E-state index contributed by atoms with van der Waals surface area (Å²) in [7, 11) is 0. The highest BCUT2D eigenvalue weighted by Crippen LogP contribution is 2.16. The fraction of sp³-hybridized carbons (Fsp3) is 1.00. The first-order valence-corrected chi connectivity index (χ1v) is 7.72. The minimum atomic E-state index is -2.09. The van der Waals surface area contributed by atoms with Gasteiger partial charge in [-0.1, -0.05) is 57.8 Å². The summed E-state index contributed by atoms with van der Waals surface area (Å²) in [5, 5.41) is 0. The number of nitrogens with one attached hydrogen (secondary N) is 1. The molecule has 1 fully saturated rings. The zero-order valence-electron chi connectivity index (χ0n) is 10.1. The summed E-state index contributed by atoms with van der Waals surface area (Å²) in [6.45, 7) is 0. The van der Waals surface area contributed by atoms with Crippen LogP contribution in [-0.2, 0) is 11.3 Å². The van der Waals surface area contributed by atoms with Crippen LogP contribution in [0.1, 0.15) is 70.6 Å². The lowest BCUT2D eigenvalue weighted by atomic mass is 9.98. The average Bonchev–Trinajstić information content (AvgIpc) is 2.21. The molecule has 1 N–H and O–H groups in total. The molecule has 0 radical (unpaired) electrons. The summed E-state index contributed by atoms with van der Waals surface area (Å²) < 4.78 is 23.9. The van der Waals surface area contributed by atoms with Crippen LogP contribution in [0.15, 0.2) is 0 Å². The normalized spacial score (nSPS) is 24.3. The van der Waals surface area contributed by atoms with Crippen molar-refractivity contribution in [3.05, 3.63) is 0 Å². The Labute approximate surface area is 102 Å². The van der Waals surface area contributed by atoms with Gasteiger partial charge in [-0.05, 0) is 12.8 Å². The lowest BCUT2D eigenvalue weighted by Gasteiger charge is -2.20. The first-order chi connectivity index (χ1) is 7.79. The average molecular weight is 246 g/mol. The van der Waals surface area contributed by atoms with E-state index in [-0.39, 0.29) is 6.04 Å². The van der Waals surface area contributed by atoms with Crippen molar-refractivity contribution in [2.24, 2.45) is 0 Å². The summed E-state index contributed by atoms with van der Waals surface area (Å²) in [5.74, 6) is 0. The van der Waals surface area contributed by atoms with Crippen molar-refractivity contribution in [1.82, 2.24) is 4.72 Å². The fourth-order valence-electron chi connectivity index (χ4n) is 2.42. The minimum absolute atomic E-state index is 0.178. The molecule has 0 bridgehead atoms. The van der Waals surface area contributed by atoms with E-state index in [1.165, 1.54) is 44.9 Å². The lowest BCUT2D eigenvalue weighted by Crippen LogP contribution is -2.30. The summed E-state index contributed by atoms with van der Waals surface area (Å²) in [5.41, 5.74) is 0. The molecule has 1 unspecified atom stereocenters. The Kier molecular flexibility index (Phi) is 8.07. The van der Waals surface area contributed by atoms with Gasteiger partial charge in [0.1, 0.15) is 0 Å². The quantitative estimate of drug-likeness (QED) is 0.761. The van der Waals surface area contributed by atoms with Gasteiger partial charge >= 0.3 is 0 Å². The Hall–Kier alpha value is 0.0700. The third-order valence-corrected chi connectivity index (χ3v) is 3.89. The van der Waals surface area contributed by atoms with Crippen LogP contribution in [0.3, 0.4) is 0 Å². The van der Waals surface area contributed by atoms with E-state index < -0.39 is 11.3 Å². The Balaban J connectivity index is 2.27. The highest BCUT2D eigenvalue weighted by Gasteiger charge is 2.08. The van der Waals surface area contributed by atoms with Gasteiger partial charge in [-0.15, -0.1) is 0 Å². The standard InChI is InChI=1S/C12H25NO2S/c14-16(15)13-12-10-8-6-4-2-1-3-5-7-9-11-12/h12-13H,1-11H2,(H,14,15)/p-1. The highest BCUT2D eigenvalue weighted by atomic mass is 32.2. The predicted molar refractivity (Wildman–Crippen MR) is 66.6 cm³/mol. The van der Waals surface area contributed by atoms with Crippen LogP contribution in [0.4, 0.5) is 0 Å². The molecule has 0 aromatic carbocycles. The van der Waals surface area contributed by atoms with Crippen molar-refractivity contribution in [2.75, 3.05) is 0 Å². The number of hydrogen-bond acceptors (Lipinski definition) is 2. The van der Waals surface area contributed by atoms with Gasteiger partial charge < -0.3 is 4.55 Å². The van der Waals surface area contributed by atoms with Crippen molar-refractivity contribution in [3.63, 3.8) is 0 Å². The molecule has 1 aliphatic rings. The van der Waals surface area contributed by atoms with Gasteiger partial charge in [0.05, 0.1) is 0 Å². The Morgan fingerprint density at radius 2 is 1.19 bits per heavy atom. The van der Waals surface area contributed by atoms with Crippen LogP contribution < -0.4 is 4.72 Å². The minimum Gasteiger partial charge on any atom is -0.760 e. The molecule has 1 rings (SSSR count). The van der Waals surface area contributed by atoms with Crippen molar-refractivity contribution >= 4 is 11.3 Å². The van der Waals surface area contributed by atoms with E-state index in [1.54, 1.807) is 0 Å². The molecule has 1 aliphatic carbocycles. The number of rotatable bonds is 2.